The third-order valence-electron chi connectivity index (χ3n) is 10.2. The third-order valence-corrected chi connectivity index (χ3v) is 10.2. The van der Waals surface area contributed by atoms with E-state index in [1.807, 2.05) is 0 Å². The molecule has 15 N–H and O–H groups in total. The number of nitrogens with two attached hydrogens (primary N) is 5. The van der Waals surface area contributed by atoms with Gasteiger partial charge >= 0.3 is 5.97 Å². The predicted octanol–water partition coefficient (Wildman–Crippen LogP) is -3.36. The molecule has 2 heterocycles. The number of aliphatic imine (C=N–C) groups is 1. The average Bonchev–Trinajstić information content (AvgIpc) is 3.90. The molecule has 2 saturated heterocycles. The summed E-state index contributed by atoms with van der Waals surface area (Å²) in [6, 6.07) is 2.15. The van der Waals surface area contributed by atoms with Gasteiger partial charge in [-0.05, 0) is 76.3 Å². The van der Waals surface area contributed by atoms with Gasteiger partial charge in [-0.1, -0.05) is 30.3 Å². The number of rotatable bonds is 24. The van der Waals surface area contributed by atoms with E-state index in [2.05, 4.69) is 26.3 Å². The van der Waals surface area contributed by atoms with Crippen LogP contribution in [0.5, 0.6) is 0 Å². The van der Waals surface area contributed by atoms with Crippen molar-refractivity contribution in [1.29, 1.82) is 0 Å². The number of hydrogen-bond acceptors (Lipinski definition) is 11. The number of guanidine groups is 1. The van der Waals surface area contributed by atoms with E-state index in [1.54, 1.807) is 30.3 Å². The van der Waals surface area contributed by atoms with Crippen LogP contribution >= 0.6 is 0 Å². The molecule has 21 nitrogen and oxygen atoms in total. The Balaban J connectivity index is 1.63. The van der Waals surface area contributed by atoms with Crippen LogP contribution in [-0.4, -0.2) is 137 Å². The first kappa shape index (κ1) is 47.5. The van der Waals surface area contributed by atoms with Gasteiger partial charge in [0.05, 0.1) is 12.6 Å². The standard InChI is InChI=1S/C38H60N12O9/c39-17-5-4-12-26(47-34(55)29-14-8-19-49(29)35(56)24(40)11-6-18-44-38(42)43)36(57)50-20-7-13-28(50)33(54)45-22-31(52)46-25(15-16-30(41)51)32(53)48-27(37(58)59)21-23-9-2-1-3-10-23/h1-3,9-10,24-29H,4-8,11-22,39-40H2,(H2,41,51)(H,45,54)(H,46,52)(H,47,55)(H,48,53)(H,58,59)(H4,42,43,44)/t24-,25-,26-,27-,28-,29-/m0/s1. The molecule has 3 rings (SSSR count). The fourth-order valence-corrected chi connectivity index (χ4v) is 7.09. The molecule has 0 aromatic heterocycles. The van der Waals surface area contributed by atoms with E-state index in [0.717, 1.165) is 0 Å². The van der Waals surface area contributed by atoms with Crippen molar-refractivity contribution in [3.8, 4) is 0 Å². The van der Waals surface area contributed by atoms with Crippen molar-refractivity contribution in [2.75, 3.05) is 32.7 Å². The Morgan fingerprint density at radius 1 is 0.763 bits per heavy atom. The zero-order valence-corrected chi connectivity index (χ0v) is 33.3. The molecule has 1 aromatic carbocycles. The number of carboxylic acids is 1. The number of likely N-dealkylation sites (tertiary alicyclic amines) is 2. The van der Waals surface area contributed by atoms with Gasteiger partial charge in [-0.2, -0.15) is 0 Å². The topological polar surface area (TPSA) is 354 Å². The smallest absolute Gasteiger partial charge is 0.326 e. The van der Waals surface area contributed by atoms with Crippen molar-refractivity contribution < 1.29 is 43.5 Å². The number of hydrogen-bond donors (Lipinski definition) is 10. The molecule has 2 fully saturated rings. The Kier molecular flexibility index (Phi) is 19.5. The monoisotopic (exact) mass is 828 g/mol. The van der Waals surface area contributed by atoms with Gasteiger partial charge in [0.25, 0.3) is 0 Å². The summed E-state index contributed by atoms with van der Waals surface area (Å²) < 4.78 is 0. The van der Waals surface area contributed by atoms with Crippen LogP contribution in [0, 0.1) is 0 Å². The molecule has 2 aliphatic heterocycles. The third kappa shape index (κ3) is 15.5. The van der Waals surface area contributed by atoms with Crippen LogP contribution < -0.4 is 49.9 Å². The molecule has 7 amide bonds. The molecule has 0 saturated carbocycles. The number of aliphatic carboxylic acids is 1. The average molecular weight is 829 g/mol. The van der Waals surface area contributed by atoms with Crippen LogP contribution in [0.15, 0.2) is 35.3 Å². The van der Waals surface area contributed by atoms with Gasteiger partial charge in [-0.25, -0.2) is 4.79 Å². The van der Waals surface area contributed by atoms with E-state index in [0.29, 0.717) is 70.1 Å². The van der Waals surface area contributed by atoms with Crippen molar-refractivity contribution in [2.24, 2.45) is 33.7 Å². The summed E-state index contributed by atoms with van der Waals surface area (Å²) in [6.45, 7) is 0.573. The number of nitrogens with zero attached hydrogens (tertiary/aromatic N) is 3. The van der Waals surface area contributed by atoms with Crippen molar-refractivity contribution in [1.82, 2.24) is 31.1 Å². The highest BCUT2D eigenvalue weighted by molar-refractivity contribution is 5.96. The maximum absolute atomic E-state index is 14.0. The number of carbonyl (C=O) groups is 8. The van der Waals surface area contributed by atoms with Crippen LogP contribution in [-0.2, 0) is 44.8 Å². The molecule has 0 spiro atoms. The quantitative estimate of drug-likeness (QED) is 0.0277. The van der Waals surface area contributed by atoms with E-state index in [1.165, 1.54) is 9.80 Å². The molecule has 6 atom stereocenters. The van der Waals surface area contributed by atoms with Crippen molar-refractivity contribution >= 4 is 53.3 Å². The van der Waals surface area contributed by atoms with Gasteiger partial charge in [0.1, 0.15) is 30.2 Å². The maximum Gasteiger partial charge on any atom is 0.326 e. The predicted molar refractivity (Wildman–Crippen MR) is 215 cm³/mol. The fraction of sp³-hybridized carbons (Fsp3) is 0.605. The molecular weight excluding hydrogens is 768 g/mol. The van der Waals surface area contributed by atoms with E-state index in [-0.39, 0.29) is 44.6 Å². The molecule has 2 aliphatic rings. The number of unbranched alkanes of at least 4 members (excludes halogenated alkanes) is 1. The molecule has 1 aromatic rings. The normalized spacial score (nSPS) is 18.1. The summed E-state index contributed by atoms with van der Waals surface area (Å²) in [5.74, 6) is -5.87. The first-order chi connectivity index (χ1) is 28.1. The minimum absolute atomic E-state index is 0.0420. The van der Waals surface area contributed by atoms with E-state index >= 15 is 0 Å². The lowest BCUT2D eigenvalue weighted by molar-refractivity contribution is -0.144. The molecule has 0 radical (unpaired) electrons. The van der Waals surface area contributed by atoms with Gasteiger partial charge in [-0.3, -0.25) is 38.6 Å². The maximum atomic E-state index is 14.0. The van der Waals surface area contributed by atoms with Gasteiger partial charge in [0.15, 0.2) is 5.96 Å². The van der Waals surface area contributed by atoms with Gasteiger partial charge < -0.3 is 64.8 Å². The zero-order chi connectivity index (χ0) is 43.5. The largest absolute Gasteiger partial charge is 0.480 e. The van der Waals surface area contributed by atoms with Gasteiger partial charge in [0.2, 0.25) is 41.4 Å². The molecule has 21 heteroatoms. The van der Waals surface area contributed by atoms with E-state index in [4.69, 9.17) is 28.7 Å². The lowest BCUT2D eigenvalue weighted by atomic mass is 10.0. The minimum atomic E-state index is -1.36. The lowest BCUT2D eigenvalue weighted by Gasteiger charge is -2.31. The van der Waals surface area contributed by atoms with Crippen LogP contribution in [0.1, 0.15) is 76.2 Å². The highest BCUT2D eigenvalue weighted by Gasteiger charge is 2.41. The summed E-state index contributed by atoms with van der Waals surface area (Å²) >= 11 is 0. The number of nitrogens with one attached hydrogen (secondary N) is 4. The lowest BCUT2D eigenvalue weighted by Crippen LogP contribution is -2.57. The van der Waals surface area contributed by atoms with Crippen LogP contribution in [0.3, 0.4) is 0 Å². The van der Waals surface area contributed by atoms with Crippen LogP contribution in [0.2, 0.25) is 0 Å². The number of carbonyl (C=O) groups excluding carboxylic acids is 7. The molecule has 0 bridgehead atoms. The number of primary amides is 1. The Bertz CT molecular complexity index is 1660. The first-order valence-electron chi connectivity index (χ1n) is 20.0. The van der Waals surface area contributed by atoms with Gasteiger partial charge in [-0.15, -0.1) is 0 Å². The van der Waals surface area contributed by atoms with Crippen LogP contribution in [0.25, 0.3) is 0 Å². The Morgan fingerprint density at radius 3 is 2.02 bits per heavy atom. The van der Waals surface area contributed by atoms with E-state index in [9.17, 15) is 43.5 Å². The number of benzene rings is 1. The summed E-state index contributed by atoms with van der Waals surface area (Å²) in [6.07, 6.45) is 3.15. The van der Waals surface area contributed by atoms with Crippen molar-refractivity contribution in [3.05, 3.63) is 35.9 Å². The molecule has 0 aliphatic carbocycles. The summed E-state index contributed by atoms with van der Waals surface area (Å²) in [7, 11) is 0. The summed E-state index contributed by atoms with van der Waals surface area (Å²) in [4.78, 5) is 111. The second-order valence-corrected chi connectivity index (χ2v) is 14.7. The number of carboxylic acid groups (broad SMARTS) is 1. The Hall–Kier alpha value is -5.83. The first-order valence-corrected chi connectivity index (χ1v) is 20.0. The molecule has 59 heavy (non-hydrogen) atoms. The van der Waals surface area contributed by atoms with Crippen molar-refractivity contribution in [2.45, 2.75) is 113 Å². The van der Waals surface area contributed by atoms with E-state index < -0.39 is 90.1 Å². The molecule has 0 unspecified atom stereocenters. The SMILES string of the molecule is NCCCC[C@H](NC(=O)[C@@H]1CCCN1C(=O)[C@@H](N)CCCN=C(N)N)C(=O)N1CCC[C@H]1C(=O)NCC(=O)N[C@@H](CCC(N)=O)C(=O)N[C@@H](Cc1ccccc1)C(=O)O. The minimum Gasteiger partial charge on any atom is -0.480 e. The van der Waals surface area contributed by atoms with Gasteiger partial charge in [0, 0.05) is 32.5 Å². The Labute approximate surface area is 342 Å². The number of amides is 7. The zero-order valence-electron chi connectivity index (χ0n) is 33.3. The second kappa shape index (κ2) is 24.2. The summed E-state index contributed by atoms with van der Waals surface area (Å²) in [5.41, 5.74) is 28.5. The fourth-order valence-electron chi connectivity index (χ4n) is 7.09. The van der Waals surface area contributed by atoms with Crippen LogP contribution in [0.4, 0.5) is 0 Å². The highest BCUT2D eigenvalue weighted by atomic mass is 16.4. The van der Waals surface area contributed by atoms with Crippen molar-refractivity contribution in [3.63, 3.8) is 0 Å². The molecular formula is C38H60N12O9. The second-order valence-electron chi connectivity index (χ2n) is 14.7. The molecule has 326 valence electrons. The highest BCUT2D eigenvalue weighted by Crippen LogP contribution is 2.22. The summed E-state index contributed by atoms with van der Waals surface area (Å²) in [5, 5.41) is 19.9. The Morgan fingerprint density at radius 2 is 1.41 bits per heavy atom.